The van der Waals surface area contributed by atoms with Crippen molar-refractivity contribution in [3.05, 3.63) is 0 Å². The van der Waals surface area contributed by atoms with Gasteiger partial charge in [-0.2, -0.15) is 13.2 Å². The molecule has 0 radical (unpaired) electrons. The smallest absolute Gasteiger partial charge is 0.392 e. The Balaban J connectivity index is 2.13. The van der Waals surface area contributed by atoms with Crippen LogP contribution in [0.15, 0.2) is 0 Å². The van der Waals surface area contributed by atoms with Gasteiger partial charge in [-0.1, -0.05) is 25.7 Å². The Bertz CT molecular complexity index is 353. The number of nitrogens with zero attached hydrogens (tertiary/aromatic N) is 1. The van der Waals surface area contributed by atoms with Gasteiger partial charge in [-0.05, 0) is 25.7 Å². The summed E-state index contributed by atoms with van der Waals surface area (Å²) < 4.78 is 39.5. The highest BCUT2D eigenvalue weighted by molar-refractivity contribution is 5.79. The Hall–Kier alpha value is -0.780. The third-order valence-corrected chi connectivity index (χ3v) is 4.89. The molecule has 6 heteroatoms. The molecule has 0 saturated heterocycles. The Morgan fingerprint density at radius 3 is 2.19 bits per heavy atom. The van der Waals surface area contributed by atoms with E-state index in [0.717, 1.165) is 25.7 Å². The highest BCUT2D eigenvalue weighted by atomic mass is 19.4. The van der Waals surface area contributed by atoms with E-state index in [1.165, 1.54) is 4.90 Å². The van der Waals surface area contributed by atoms with Crippen LogP contribution in [0, 0.1) is 11.8 Å². The second-order valence-electron chi connectivity index (χ2n) is 6.23. The average molecular weight is 307 g/mol. The molecule has 0 spiro atoms. The predicted molar refractivity (Wildman–Crippen MR) is 72.6 cm³/mol. The lowest BCUT2D eigenvalue weighted by Gasteiger charge is -2.37. The summed E-state index contributed by atoms with van der Waals surface area (Å²) in [5.41, 5.74) is 0. The summed E-state index contributed by atoms with van der Waals surface area (Å²) in [6.45, 7) is -0.0315. The van der Waals surface area contributed by atoms with Crippen molar-refractivity contribution < 1.29 is 23.1 Å². The number of amides is 1. The molecule has 2 fully saturated rings. The summed E-state index contributed by atoms with van der Waals surface area (Å²) in [7, 11) is 0. The van der Waals surface area contributed by atoms with Gasteiger partial charge in [0.25, 0.3) is 0 Å². The van der Waals surface area contributed by atoms with Gasteiger partial charge in [-0.3, -0.25) is 4.79 Å². The fourth-order valence-electron chi connectivity index (χ4n) is 3.83. The van der Waals surface area contributed by atoms with Crippen molar-refractivity contribution >= 4 is 5.91 Å². The molecule has 21 heavy (non-hydrogen) atoms. The van der Waals surface area contributed by atoms with Crippen LogP contribution in [0.4, 0.5) is 13.2 Å². The minimum Gasteiger partial charge on any atom is -0.395 e. The second-order valence-corrected chi connectivity index (χ2v) is 6.23. The van der Waals surface area contributed by atoms with E-state index < -0.39 is 23.9 Å². The number of alkyl halides is 3. The molecular formula is C15H24F3NO2. The fourth-order valence-corrected chi connectivity index (χ4v) is 3.83. The SMILES string of the molecule is O=C(C1CCCCC1C(F)(F)F)N(CCO)C1CCCC1. The van der Waals surface area contributed by atoms with E-state index >= 15 is 0 Å². The number of carbonyl (C=O) groups excluding carboxylic acids is 1. The summed E-state index contributed by atoms with van der Waals surface area (Å²) in [5.74, 6) is -2.86. The van der Waals surface area contributed by atoms with Crippen molar-refractivity contribution in [1.29, 1.82) is 0 Å². The Morgan fingerprint density at radius 1 is 1.05 bits per heavy atom. The van der Waals surface area contributed by atoms with Crippen LogP contribution in [0.5, 0.6) is 0 Å². The number of aliphatic hydroxyl groups excluding tert-OH is 1. The highest BCUT2D eigenvalue weighted by Crippen LogP contribution is 2.42. The third kappa shape index (κ3) is 3.90. The topological polar surface area (TPSA) is 40.5 Å². The molecule has 0 bridgehead atoms. The molecule has 2 aliphatic rings. The van der Waals surface area contributed by atoms with Crippen LogP contribution >= 0.6 is 0 Å². The maximum atomic E-state index is 13.2. The van der Waals surface area contributed by atoms with Gasteiger partial charge in [-0.25, -0.2) is 0 Å². The number of hydrogen-bond donors (Lipinski definition) is 1. The molecule has 2 rings (SSSR count). The Morgan fingerprint density at radius 2 is 1.62 bits per heavy atom. The first-order valence-corrected chi connectivity index (χ1v) is 7.93. The van der Waals surface area contributed by atoms with E-state index in [2.05, 4.69) is 0 Å². The van der Waals surface area contributed by atoms with Crippen molar-refractivity contribution in [2.45, 2.75) is 63.6 Å². The summed E-state index contributed by atoms with van der Waals surface area (Å²) >= 11 is 0. The molecule has 2 saturated carbocycles. The van der Waals surface area contributed by atoms with Crippen LogP contribution in [-0.4, -0.2) is 41.3 Å². The molecule has 2 unspecified atom stereocenters. The normalized spacial score (nSPS) is 27.8. The standard InChI is InChI=1S/C15H24F3NO2/c16-15(17,18)13-8-4-3-7-12(13)14(21)19(9-10-20)11-5-1-2-6-11/h11-13,20H,1-10H2. The zero-order valence-corrected chi connectivity index (χ0v) is 12.2. The zero-order chi connectivity index (χ0) is 15.5. The van der Waals surface area contributed by atoms with E-state index in [9.17, 15) is 18.0 Å². The van der Waals surface area contributed by atoms with Crippen LogP contribution in [0.1, 0.15) is 51.4 Å². The minimum atomic E-state index is -4.30. The van der Waals surface area contributed by atoms with Gasteiger partial charge in [0, 0.05) is 18.5 Å². The zero-order valence-electron chi connectivity index (χ0n) is 12.2. The molecule has 0 aromatic rings. The van der Waals surface area contributed by atoms with E-state index in [-0.39, 0.29) is 25.6 Å². The maximum Gasteiger partial charge on any atom is 0.392 e. The lowest BCUT2D eigenvalue weighted by atomic mass is 9.77. The van der Waals surface area contributed by atoms with Crippen molar-refractivity contribution in [2.75, 3.05) is 13.2 Å². The maximum absolute atomic E-state index is 13.2. The average Bonchev–Trinajstić information content (AvgIpc) is 2.97. The largest absolute Gasteiger partial charge is 0.395 e. The first-order chi connectivity index (χ1) is 9.95. The predicted octanol–water partition coefficient (Wildman–Crippen LogP) is 3.12. The van der Waals surface area contributed by atoms with Crippen LogP contribution < -0.4 is 0 Å². The van der Waals surface area contributed by atoms with Crippen molar-refractivity contribution in [1.82, 2.24) is 4.90 Å². The number of rotatable bonds is 4. The first-order valence-electron chi connectivity index (χ1n) is 7.93. The van der Waals surface area contributed by atoms with E-state index in [1.54, 1.807) is 0 Å². The van der Waals surface area contributed by atoms with E-state index in [4.69, 9.17) is 5.11 Å². The molecule has 122 valence electrons. The molecule has 2 aliphatic carbocycles. The van der Waals surface area contributed by atoms with Gasteiger partial charge >= 0.3 is 6.18 Å². The van der Waals surface area contributed by atoms with Crippen LogP contribution in [0.25, 0.3) is 0 Å². The fraction of sp³-hybridized carbons (Fsp3) is 0.933. The molecule has 1 N–H and O–H groups in total. The number of aliphatic hydroxyl groups is 1. The third-order valence-electron chi connectivity index (χ3n) is 4.89. The molecule has 0 aliphatic heterocycles. The van der Waals surface area contributed by atoms with Crippen LogP contribution in [0.3, 0.4) is 0 Å². The van der Waals surface area contributed by atoms with Crippen LogP contribution in [0.2, 0.25) is 0 Å². The molecule has 0 heterocycles. The van der Waals surface area contributed by atoms with Gasteiger partial charge in [0.05, 0.1) is 12.5 Å². The molecular weight excluding hydrogens is 283 g/mol. The Kier molecular flexibility index (Phi) is 5.52. The Labute approximate surface area is 123 Å². The van der Waals surface area contributed by atoms with Crippen LogP contribution in [-0.2, 0) is 4.79 Å². The monoisotopic (exact) mass is 307 g/mol. The van der Waals surface area contributed by atoms with E-state index in [0.29, 0.717) is 19.3 Å². The van der Waals surface area contributed by atoms with Crippen molar-refractivity contribution in [2.24, 2.45) is 11.8 Å². The summed E-state index contributed by atoms with van der Waals surface area (Å²) in [5, 5.41) is 9.15. The minimum absolute atomic E-state index is 0.0143. The quantitative estimate of drug-likeness (QED) is 0.867. The summed E-state index contributed by atoms with van der Waals surface area (Å²) in [4.78, 5) is 14.2. The molecule has 1 amide bonds. The van der Waals surface area contributed by atoms with Gasteiger partial charge in [0.15, 0.2) is 0 Å². The lowest BCUT2D eigenvalue weighted by molar-refractivity contribution is -0.201. The van der Waals surface area contributed by atoms with Crippen molar-refractivity contribution in [3.8, 4) is 0 Å². The molecule has 0 aromatic carbocycles. The lowest BCUT2D eigenvalue weighted by Crippen LogP contribution is -2.48. The van der Waals surface area contributed by atoms with Gasteiger partial charge < -0.3 is 10.0 Å². The highest BCUT2D eigenvalue weighted by Gasteiger charge is 2.49. The van der Waals surface area contributed by atoms with Gasteiger partial charge in [-0.15, -0.1) is 0 Å². The molecule has 3 nitrogen and oxygen atoms in total. The second kappa shape index (κ2) is 6.99. The van der Waals surface area contributed by atoms with Gasteiger partial charge in [0.2, 0.25) is 5.91 Å². The molecule has 2 atom stereocenters. The number of carbonyl (C=O) groups is 1. The van der Waals surface area contributed by atoms with Gasteiger partial charge in [0.1, 0.15) is 0 Å². The summed E-state index contributed by atoms with van der Waals surface area (Å²) in [6.07, 6.45) is 0.985. The van der Waals surface area contributed by atoms with E-state index in [1.807, 2.05) is 0 Å². The molecule has 0 aromatic heterocycles. The number of halogens is 3. The first kappa shape index (κ1) is 16.6. The van der Waals surface area contributed by atoms with Crippen molar-refractivity contribution in [3.63, 3.8) is 0 Å². The number of hydrogen-bond acceptors (Lipinski definition) is 2. The summed E-state index contributed by atoms with van der Waals surface area (Å²) in [6, 6.07) is 0.0143.